The van der Waals surface area contributed by atoms with Crippen molar-refractivity contribution in [3.63, 3.8) is 0 Å². The number of hydrogen-bond donors (Lipinski definition) is 4. The van der Waals surface area contributed by atoms with Crippen LogP contribution in [0.25, 0.3) is 0 Å². The number of ether oxygens (including phenoxy) is 5. The summed E-state index contributed by atoms with van der Waals surface area (Å²) in [6, 6.07) is 9.80. The molecule has 4 N–H and O–H groups in total. The van der Waals surface area contributed by atoms with Crippen LogP contribution in [-0.4, -0.2) is 156 Å². The number of fused-ring (bicyclic) bond motifs is 1. The van der Waals surface area contributed by atoms with Crippen LogP contribution in [0.1, 0.15) is 77.3 Å². The van der Waals surface area contributed by atoms with Gasteiger partial charge < -0.3 is 44.3 Å². The van der Waals surface area contributed by atoms with Crippen molar-refractivity contribution in [2.45, 2.75) is 63.8 Å². The van der Waals surface area contributed by atoms with E-state index in [1.807, 2.05) is 4.90 Å². The summed E-state index contributed by atoms with van der Waals surface area (Å²) in [5.41, 5.74) is 1.14. The van der Waals surface area contributed by atoms with Crippen LogP contribution < -0.4 is 5.32 Å². The van der Waals surface area contributed by atoms with Gasteiger partial charge in [-0.1, -0.05) is 18.6 Å². The standard InChI is InChI=1S/C43H61N5O11S/c49-40(50)38-14-8-10-33(45-38)28-47-17-21-55-25-26-56-22-18-48(29-34-11-9-15-39(46-34)41(51)52)20-24-59-43(54,31-57-23-19-47)32-60-27-7-3-6-16-44-42(53)58-30-37-35-12-4-1-2-5-13-36(35)37/h8-11,14-15,35-37,54H,3-7,12-13,16-32H2,(H,44,53)(H,49,50)(H,51,52)/t35-,36+,37+,43-/m1/s1. The Morgan fingerprint density at radius 2 is 1.35 bits per heavy atom. The van der Waals surface area contributed by atoms with Gasteiger partial charge in [0.2, 0.25) is 0 Å². The summed E-state index contributed by atoms with van der Waals surface area (Å²) < 4.78 is 29.5. The first-order valence-corrected chi connectivity index (χ1v) is 22.2. The van der Waals surface area contributed by atoms with Crippen molar-refractivity contribution in [2.24, 2.45) is 17.8 Å². The fraction of sp³-hybridized carbons (Fsp3) is 0.651. The lowest BCUT2D eigenvalue weighted by Crippen LogP contribution is -2.44. The topological polar surface area (TPSA) is 202 Å². The molecule has 3 heterocycles. The smallest absolute Gasteiger partial charge is 0.407 e. The summed E-state index contributed by atoms with van der Waals surface area (Å²) in [7, 11) is 0. The molecule has 1 saturated carbocycles. The van der Waals surface area contributed by atoms with Gasteiger partial charge in [0, 0.05) is 64.4 Å². The van der Waals surface area contributed by atoms with E-state index in [0.717, 1.165) is 50.7 Å². The number of carboxylic acid groups (broad SMARTS) is 2. The van der Waals surface area contributed by atoms with E-state index in [2.05, 4.69) is 32.0 Å². The number of aromatic nitrogens is 2. The number of alkyl carbamates (subject to hydrolysis) is 1. The predicted molar refractivity (Wildman–Crippen MR) is 224 cm³/mol. The van der Waals surface area contributed by atoms with Gasteiger partial charge in [-0.25, -0.2) is 24.4 Å². The fourth-order valence-electron chi connectivity index (χ4n) is 7.43. The van der Waals surface area contributed by atoms with Crippen LogP contribution in [0.4, 0.5) is 4.79 Å². The molecule has 0 unspecified atom stereocenters. The highest BCUT2D eigenvalue weighted by Crippen LogP contribution is 2.52. The van der Waals surface area contributed by atoms with Crippen molar-refractivity contribution >= 4 is 29.8 Å². The quantitative estimate of drug-likeness (QED) is 0.139. The van der Waals surface area contributed by atoms with Crippen molar-refractivity contribution in [1.29, 1.82) is 0 Å². The van der Waals surface area contributed by atoms with E-state index < -0.39 is 17.7 Å². The molecule has 2 aliphatic carbocycles. The van der Waals surface area contributed by atoms with E-state index in [-0.39, 0.29) is 43.1 Å². The van der Waals surface area contributed by atoms with Gasteiger partial charge in [0.1, 0.15) is 18.0 Å². The van der Waals surface area contributed by atoms with Crippen molar-refractivity contribution in [3.05, 3.63) is 59.2 Å². The molecule has 1 amide bonds. The number of unbranched alkanes of at least 4 members (excludes halogenated alkanes) is 2. The zero-order valence-electron chi connectivity index (χ0n) is 34.5. The highest BCUT2D eigenvalue weighted by molar-refractivity contribution is 7.99. The summed E-state index contributed by atoms with van der Waals surface area (Å²) in [6.07, 6.45) is 6.31. The van der Waals surface area contributed by atoms with E-state index in [1.165, 1.54) is 12.1 Å². The van der Waals surface area contributed by atoms with Crippen LogP contribution in [0, 0.1) is 29.6 Å². The van der Waals surface area contributed by atoms with Crippen LogP contribution in [0.5, 0.6) is 0 Å². The number of carboxylic acids is 2. The zero-order valence-corrected chi connectivity index (χ0v) is 35.3. The van der Waals surface area contributed by atoms with Gasteiger partial charge in [-0.15, -0.1) is 11.8 Å². The van der Waals surface area contributed by atoms with Gasteiger partial charge in [0.25, 0.3) is 0 Å². The highest BCUT2D eigenvalue weighted by Gasteiger charge is 2.49. The Balaban J connectivity index is 1.09. The average molecular weight is 856 g/mol. The lowest BCUT2D eigenvalue weighted by atomic mass is 10.1. The number of nitrogens with zero attached hydrogens (tertiary/aromatic N) is 4. The normalized spacial score (nSPS) is 23.9. The summed E-state index contributed by atoms with van der Waals surface area (Å²) in [4.78, 5) is 48.0. The van der Waals surface area contributed by atoms with Crippen molar-refractivity contribution < 1.29 is 53.4 Å². The summed E-state index contributed by atoms with van der Waals surface area (Å²) in [5.74, 6) is 5.42. The fourth-order valence-corrected chi connectivity index (χ4v) is 8.47. The molecule has 16 nitrogen and oxygen atoms in total. The molecule has 0 bridgehead atoms. The molecule has 0 spiro atoms. The number of aliphatic hydroxyl groups is 1. The van der Waals surface area contributed by atoms with Gasteiger partial charge in [-0.3, -0.25) is 9.80 Å². The number of amides is 1. The molecule has 2 aromatic heterocycles. The average Bonchev–Trinajstić information content (AvgIpc) is 3.88. The first-order chi connectivity index (χ1) is 29.2. The second-order valence-electron chi connectivity index (χ2n) is 15.3. The van der Waals surface area contributed by atoms with Crippen LogP contribution in [0.3, 0.4) is 0 Å². The van der Waals surface area contributed by atoms with Crippen molar-refractivity contribution in [2.75, 3.05) is 97.1 Å². The molecule has 4 atom stereocenters. The molecule has 3 aliphatic rings. The molecule has 1 aliphatic heterocycles. The van der Waals surface area contributed by atoms with Crippen molar-refractivity contribution in [3.8, 4) is 11.8 Å². The molecule has 60 heavy (non-hydrogen) atoms. The number of hydrogen-bond acceptors (Lipinski definition) is 14. The van der Waals surface area contributed by atoms with E-state index in [1.54, 1.807) is 36.0 Å². The summed E-state index contributed by atoms with van der Waals surface area (Å²) in [5, 5.41) is 33.5. The first kappa shape index (κ1) is 47.2. The minimum atomic E-state index is -1.60. The summed E-state index contributed by atoms with van der Waals surface area (Å²) >= 11 is 1.57. The number of carbonyl (C=O) groups excluding carboxylic acids is 1. The Morgan fingerprint density at radius 3 is 1.93 bits per heavy atom. The minimum absolute atomic E-state index is 0.0263. The number of carbonyl (C=O) groups is 3. The second kappa shape index (κ2) is 25.8. The molecule has 2 aromatic rings. The molecule has 5 rings (SSSR count). The Hall–Kier alpha value is -3.86. The molecule has 0 radical (unpaired) electrons. The SMILES string of the molecule is O=C(NCCCCCSC[C@@]1(O)COCCN(Cc2cccc(C(=O)O)n2)CCOCCOCCN(Cc2cccc(C(=O)O)n2)CCO1)OC[C@H]1[C@@H]2CCC#CCC[C@@H]21. The molecule has 1 saturated heterocycles. The number of nitrogens with one attached hydrogen (secondary N) is 1. The Bertz CT molecular complexity index is 1690. The molecule has 17 heteroatoms. The van der Waals surface area contributed by atoms with Crippen LogP contribution in [0.2, 0.25) is 0 Å². The van der Waals surface area contributed by atoms with Crippen LogP contribution >= 0.6 is 11.8 Å². The molecule has 330 valence electrons. The van der Waals surface area contributed by atoms with Gasteiger partial charge in [-0.2, -0.15) is 11.8 Å². The maximum atomic E-state index is 12.3. The van der Waals surface area contributed by atoms with E-state index >= 15 is 0 Å². The third kappa shape index (κ3) is 17.3. The van der Waals surface area contributed by atoms with Gasteiger partial charge in [0.05, 0.1) is 57.6 Å². The Kier molecular flexibility index (Phi) is 20.3. The van der Waals surface area contributed by atoms with Gasteiger partial charge in [-0.05, 0) is 73.5 Å². The maximum absolute atomic E-state index is 12.3. The van der Waals surface area contributed by atoms with Crippen molar-refractivity contribution in [1.82, 2.24) is 25.1 Å². The Morgan fingerprint density at radius 1 is 0.783 bits per heavy atom. The largest absolute Gasteiger partial charge is 0.477 e. The van der Waals surface area contributed by atoms with E-state index in [0.29, 0.717) is 108 Å². The third-order valence-electron chi connectivity index (χ3n) is 10.8. The van der Waals surface area contributed by atoms with E-state index in [4.69, 9.17) is 23.7 Å². The Labute approximate surface area is 357 Å². The lowest BCUT2D eigenvalue weighted by Gasteiger charge is -2.30. The number of rotatable bonds is 16. The van der Waals surface area contributed by atoms with Crippen LogP contribution in [0.15, 0.2) is 36.4 Å². The lowest BCUT2D eigenvalue weighted by molar-refractivity contribution is -0.218. The van der Waals surface area contributed by atoms with E-state index in [9.17, 15) is 29.7 Å². The number of thioether (sulfide) groups is 1. The van der Waals surface area contributed by atoms with Gasteiger partial charge >= 0.3 is 18.0 Å². The maximum Gasteiger partial charge on any atom is 0.407 e. The second-order valence-corrected chi connectivity index (χ2v) is 16.4. The molecule has 2 fully saturated rings. The predicted octanol–water partition coefficient (Wildman–Crippen LogP) is 4.02. The molecular weight excluding hydrogens is 795 g/mol. The monoisotopic (exact) mass is 855 g/mol. The highest BCUT2D eigenvalue weighted by atomic mass is 32.2. The summed E-state index contributed by atoms with van der Waals surface area (Å²) in [6.45, 7) is 5.58. The minimum Gasteiger partial charge on any atom is -0.477 e. The third-order valence-corrected chi connectivity index (χ3v) is 12.0. The first-order valence-electron chi connectivity index (χ1n) is 21.1. The zero-order chi connectivity index (χ0) is 42.4. The number of pyridine rings is 2. The van der Waals surface area contributed by atoms with Gasteiger partial charge in [0.15, 0.2) is 5.79 Å². The molecule has 0 aromatic carbocycles. The molecular formula is C43H61N5O11S. The number of aromatic carboxylic acids is 2. The van der Waals surface area contributed by atoms with Crippen LogP contribution in [-0.2, 0) is 36.8 Å².